The minimum Gasteiger partial charge on any atom is -0.445 e. The van der Waals surface area contributed by atoms with Crippen molar-refractivity contribution in [1.29, 1.82) is 0 Å². The second-order valence-corrected chi connectivity index (χ2v) is 6.22. The Bertz CT molecular complexity index is 563. The predicted molar refractivity (Wildman–Crippen MR) is 85.9 cm³/mol. The number of hydrogen-bond acceptors (Lipinski definition) is 3. The van der Waals surface area contributed by atoms with E-state index in [0.29, 0.717) is 19.6 Å². The van der Waals surface area contributed by atoms with Crippen LogP contribution < -0.4 is 5.32 Å². The Hall–Kier alpha value is -2.24. The van der Waals surface area contributed by atoms with E-state index in [9.17, 15) is 9.59 Å². The Balaban J connectivity index is 1.55. The quantitative estimate of drug-likeness (QED) is 0.929. The summed E-state index contributed by atoms with van der Waals surface area (Å²) >= 11 is 0. The average Bonchev–Trinajstić information content (AvgIpc) is 2.92. The van der Waals surface area contributed by atoms with E-state index >= 15 is 0 Å². The number of carbonyl (C=O) groups excluding carboxylic acids is 2. The lowest BCUT2D eigenvalue weighted by atomic mass is 10.0. The maximum absolute atomic E-state index is 12.3. The van der Waals surface area contributed by atoms with Crippen molar-refractivity contribution in [3.8, 4) is 0 Å². The van der Waals surface area contributed by atoms with Gasteiger partial charge in [0.15, 0.2) is 0 Å². The van der Waals surface area contributed by atoms with Crippen molar-refractivity contribution >= 4 is 12.1 Å². The lowest BCUT2D eigenvalue weighted by Gasteiger charge is -2.38. The summed E-state index contributed by atoms with van der Waals surface area (Å²) in [7, 11) is 0. The first-order valence-electron chi connectivity index (χ1n) is 8.17. The monoisotopic (exact) mass is 317 g/mol. The average molecular weight is 317 g/mol. The molecule has 2 aliphatic heterocycles. The lowest BCUT2D eigenvalue weighted by Crippen LogP contribution is -2.52. The zero-order valence-corrected chi connectivity index (χ0v) is 13.4. The Morgan fingerprint density at radius 1 is 1.35 bits per heavy atom. The van der Waals surface area contributed by atoms with E-state index in [1.54, 1.807) is 4.90 Å². The number of likely N-dealkylation sites (tertiary alicyclic amines) is 1. The van der Waals surface area contributed by atoms with Gasteiger partial charge in [-0.1, -0.05) is 30.3 Å². The molecule has 2 saturated heterocycles. The first-order valence-corrected chi connectivity index (χ1v) is 8.17. The molecule has 1 aromatic rings. The fraction of sp³-hybridized carbons (Fsp3) is 0.529. The van der Waals surface area contributed by atoms with Crippen LogP contribution in [0.15, 0.2) is 30.3 Å². The molecule has 2 atom stereocenters. The van der Waals surface area contributed by atoms with Crippen LogP contribution in [0.2, 0.25) is 0 Å². The number of benzene rings is 1. The summed E-state index contributed by atoms with van der Waals surface area (Å²) in [6.45, 7) is 4.22. The number of ether oxygens (including phenoxy) is 1. The molecule has 3 amide bonds. The first kappa shape index (κ1) is 15.6. The van der Waals surface area contributed by atoms with Gasteiger partial charge in [0.2, 0.25) is 0 Å². The van der Waals surface area contributed by atoms with Gasteiger partial charge in [-0.2, -0.15) is 0 Å². The fourth-order valence-electron chi connectivity index (χ4n) is 3.31. The third-order valence-electron chi connectivity index (χ3n) is 4.51. The van der Waals surface area contributed by atoms with Crippen LogP contribution in [0, 0.1) is 0 Å². The second kappa shape index (κ2) is 6.89. The Morgan fingerprint density at radius 3 is 2.83 bits per heavy atom. The SMILES string of the molecule is CC1CNC(=O)N1[C@H]1CCCN(C(=O)OCc2ccccc2)C1. The van der Waals surface area contributed by atoms with Gasteiger partial charge in [-0.3, -0.25) is 0 Å². The molecule has 0 aliphatic carbocycles. The van der Waals surface area contributed by atoms with Gasteiger partial charge in [0.1, 0.15) is 6.61 Å². The molecule has 6 heteroatoms. The van der Waals surface area contributed by atoms with Crippen molar-refractivity contribution < 1.29 is 14.3 Å². The van der Waals surface area contributed by atoms with Crippen LogP contribution in [-0.4, -0.2) is 53.6 Å². The van der Waals surface area contributed by atoms with Gasteiger partial charge in [0.25, 0.3) is 0 Å². The van der Waals surface area contributed by atoms with Crippen LogP contribution in [0.5, 0.6) is 0 Å². The van der Waals surface area contributed by atoms with E-state index in [4.69, 9.17) is 4.74 Å². The molecular formula is C17H23N3O3. The molecule has 124 valence electrons. The smallest absolute Gasteiger partial charge is 0.410 e. The second-order valence-electron chi connectivity index (χ2n) is 6.22. The standard InChI is InChI=1S/C17H23N3O3/c1-13-10-18-16(21)20(13)15-8-5-9-19(11-15)17(22)23-12-14-6-3-2-4-7-14/h2-4,6-7,13,15H,5,8-12H2,1H3,(H,18,21)/t13?,15-/m0/s1. The van der Waals surface area contributed by atoms with Gasteiger partial charge in [-0.25, -0.2) is 9.59 Å². The molecule has 0 saturated carbocycles. The summed E-state index contributed by atoms with van der Waals surface area (Å²) in [6, 6.07) is 9.87. The third kappa shape index (κ3) is 3.57. The minimum absolute atomic E-state index is 0.0259. The zero-order valence-electron chi connectivity index (χ0n) is 13.4. The molecule has 0 aromatic heterocycles. The van der Waals surface area contributed by atoms with Crippen LogP contribution in [0.3, 0.4) is 0 Å². The Kier molecular flexibility index (Phi) is 4.69. The third-order valence-corrected chi connectivity index (χ3v) is 4.51. The van der Waals surface area contributed by atoms with E-state index in [0.717, 1.165) is 18.4 Å². The molecule has 2 heterocycles. The molecule has 2 aliphatic rings. The van der Waals surface area contributed by atoms with E-state index in [2.05, 4.69) is 5.32 Å². The molecular weight excluding hydrogens is 294 g/mol. The van der Waals surface area contributed by atoms with Gasteiger partial charge in [0.05, 0.1) is 6.04 Å². The van der Waals surface area contributed by atoms with Gasteiger partial charge in [0, 0.05) is 25.7 Å². The van der Waals surface area contributed by atoms with Gasteiger partial charge < -0.3 is 19.9 Å². The molecule has 0 bridgehead atoms. The molecule has 0 radical (unpaired) electrons. The van der Waals surface area contributed by atoms with Crippen molar-refractivity contribution in [1.82, 2.24) is 15.1 Å². The van der Waals surface area contributed by atoms with Crippen molar-refractivity contribution in [2.75, 3.05) is 19.6 Å². The number of nitrogens with zero attached hydrogens (tertiary/aromatic N) is 2. The molecule has 0 spiro atoms. The summed E-state index contributed by atoms with van der Waals surface area (Å²) in [6.07, 6.45) is 1.52. The number of amides is 3. The van der Waals surface area contributed by atoms with Crippen molar-refractivity contribution in [3.63, 3.8) is 0 Å². The van der Waals surface area contributed by atoms with Crippen molar-refractivity contribution in [2.45, 2.75) is 38.5 Å². The van der Waals surface area contributed by atoms with Crippen LogP contribution in [0.25, 0.3) is 0 Å². The topological polar surface area (TPSA) is 61.9 Å². The van der Waals surface area contributed by atoms with E-state index < -0.39 is 0 Å². The molecule has 1 unspecified atom stereocenters. The normalized spacial score (nSPS) is 24.5. The summed E-state index contributed by atoms with van der Waals surface area (Å²) in [5, 5.41) is 2.86. The minimum atomic E-state index is -0.300. The highest BCUT2D eigenvalue weighted by Crippen LogP contribution is 2.21. The van der Waals surface area contributed by atoms with E-state index in [1.807, 2.05) is 42.2 Å². The van der Waals surface area contributed by atoms with Gasteiger partial charge in [-0.05, 0) is 25.3 Å². The van der Waals surface area contributed by atoms with Gasteiger partial charge >= 0.3 is 12.1 Å². The summed E-state index contributed by atoms with van der Waals surface area (Å²) < 4.78 is 5.40. The summed E-state index contributed by atoms with van der Waals surface area (Å²) in [5.41, 5.74) is 0.974. The van der Waals surface area contributed by atoms with Gasteiger partial charge in [-0.15, -0.1) is 0 Å². The number of carbonyl (C=O) groups is 2. The van der Waals surface area contributed by atoms with Crippen LogP contribution >= 0.6 is 0 Å². The number of urea groups is 1. The molecule has 1 aromatic carbocycles. The van der Waals surface area contributed by atoms with Crippen LogP contribution in [0.4, 0.5) is 9.59 Å². The highest BCUT2D eigenvalue weighted by atomic mass is 16.6. The fourth-order valence-corrected chi connectivity index (χ4v) is 3.31. The number of piperidine rings is 1. The lowest BCUT2D eigenvalue weighted by molar-refractivity contribution is 0.0663. The largest absolute Gasteiger partial charge is 0.445 e. The number of hydrogen-bond donors (Lipinski definition) is 1. The molecule has 1 N–H and O–H groups in total. The van der Waals surface area contributed by atoms with Crippen LogP contribution in [-0.2, 0) is 11.3 Å². The first-order chi connectivity index (χ1) is 11.1. The van der Waals surface area contributed by atoms with Crippen LogP contribution in [0.1, 0.15) is 25.3 Å². The maximum Gasteiger partial charge on any atom is 0.410 e. The Morgan fingerprint density at radius 2 is 2.13 bits per heavy atom. The molecule has 2 fully saturated rings. The molecule has 23 heavy (non-hydrogen) atoms. The highest BCUT2D eigenvalue weighted by Gasteiger charge is 2.37. The molecule has 6 nitrogen and oxygen atoms in total. The van der Waals surface area contributed by atoms with Crippen molar-refractivity contribution in [2.24, 2.45) is 0 Å². The zero-order chi connectivity index (χ0) is 16.2. The van der Waals surface area contributed by atoms with E-state index in [1.165, 1.54) is 0 Å². The maximum atomic E-state index is 12.3. The molecule has 3 rings (SSSR count). The predicted octanol–water partition coefficient (Wildman–Crippen LogP) is 2.20. The van der Waals surface area contributed by atoms with Crippen molar-refractivity contribution in [3.05, 3.63) is 35.9 Å². The summed E-state index contributed by atoms with van der Waals surface area (Å²) in [5.74, 6) is 0. The highest BCUT2D eigenvalue weighted by molar-refractivity contribution is 5.77. The Labute approximate surface area is 136 Å². The number of nitrogens with one attached hydrogen (secondary N) is 1. The van der Waals surface area contributed by atoms with E-state index in [-0.39, 0.29) is 30.8 Å². The number of rotatable bonds is 3. The summed E-state index contributed by atoms with van der Waals surface area (Å²) in [4.78, 5) is 27.8.